The van der Waals surface area contributed by atoms with Crippen LogP contribution in [0.2, 0.25) is 0 Å². The fourth-order valence-corrected chi connectivity index (χ4v) is 4.52. The standard InChI is InChI=1S/C20H18N4O2S/c21-12-20(8-4-5-9-20)23-17(25)11-24-13-22-18-15(19(24)26)10-16(27-18)14-6-2-1-3-7-14/h1-3,6-7,10,13H,4-5,8-9,11H2,(H,23,25). The second-order valence-electron chi connectivity index (χ2n) is 6.82. The fourth-order valence-electron chi connectivity index (χ4n) is 3.52. The molecular formula is C20H18N4O2S. The van der Waals surface area contributed by atoms with E-state index in [0.29, 0.717) is 23.1 Å². The van der Waals surface area contributed by atoms with Crippen molar-refractivity contribution in [1.29, 1.82) is 5.26 Å². The minimum absolute atomic E-state index is 0.137. The number of carbonyl (C=O) groups excluding carboxylic acids is 1. The third-order valence-electron chi connectivity index (χ3n) is 4.94. The Balaban J connectivity index is 1.60. The molecule has 6 nitrogen and oxygen atoms in total. The lowest BCUT2D eigenvalue weighted by atomic mass is 10.00. The third kappa shape index (κ3) is 3.36. The average Bonchev–Trinajstić information content (AvgIpc) is 3.33. The van der Waals surface area contributed by atoms with Crippen LogP contribution in [-0.2, 0) is 11.3 Å². The lowest BCUT2D eigenvalue weighted by Gasteiger charge is -2.22. The summed E-state index contributed by atoms with van der Waals surface area (Å²) >= 11 is 1.45. The second kappa shape index (κ2) is 6.97. The van der Waals surface area contributed by atoms with Gasteiger partial charge in [0.1, 0.15) is 16.9 Å². The number of thiophene rings is 1. The van der Waals surface area contributed by atoms with Gasteiger partial charge in [0.15, 0.2) is 0 Å². The van der Waals surface area contributed by atoms with Crippen molar-refractivity contribution in [2.75, 3.05) is 0 Å². The molecule has 4 rings (SSSR count). The van der Waals surface area contributed by atoms with Crippen LogP contribution in [0.4, 0.5) is 0 Å². The van der Waals surface area contributed by atoms with E-state index in [1.807, 2.05) is 36.4 Å². The average molecular weight is 378 g/mol. The maximum absolute atomic E-state index is 12.8. The monoisotopic (exact) mass is 378 g/mol. The molecule has 0 atom stereocenters. The largest absolute Gasteiger partial charge is 0.336 e. The molecule has 0 saturated heterocycles. The first kappa shape index (κ1) is 17.4. The van der Waals surface area contributed by atoms with Gasteiger partial charge in [-0.1, -0.05) is 30.3 Å². The van der Waals surface area contributed by atoms with E-state index >= 15 is 0 Å². The molecule has 1 fully saturated rings. The molecule has 3 aromatic rings. The van der Waals surface area contributed by atoms with E-state index in [1.54, 1.807) is 0 Å². The number of hydrogen-bond donors (Lipinski definition) is 1. The van der Waals surface area contributed by atoms with Gasteiger partial charge in [-0.2, -0.15) is 5.26 Å². The van der Waals surface area contributed by atoms with Gasteiger partial charge < -0.3 is 5.32 Å². The minimum Gasteiger partial charge on any atom is -0.336 e. The summed E-state index contributed by atoms with van der Waals surface area (Å²) in [6, 6.07) is 13.9. The fraction of sp³-hybridized carbons (Fsp3) is 0.300. The quantitative estimate of drug-likeness (QED) is 0.756. The van der Waals surface area contributed by atoms with Crippen LogP contribution in [0.15, 0.2) is 47.5 Å². The molecule has 27 heavy (non-hydrogen) atoms. The van der Waals surface area contributed by atoms with Crippen molar-refractivity contribution in [2.24, 2.45) is 0 Å². The molecule has 1 amide bonds. The number of carbonyl (C=O) groups is 1. The highest BCUT2D eigenvalue weighted by Gasteiger charge is 2.35. The van der Waals surface area contributed by atoms with E-state index in [4.69, 9.17) is 0 Å². The molecule has 1 aromatic carbocycles. The lowest BCUT2D eigenvalue weighted by molar-refractivity contribution is -0.123. The van der Waals surface area contributed by atoms with Crippen LogP contribution in [0.1, 0.15) is 25.7 Å². The number of amides is 1. The van der Waals surface area contributed by atoms with Crippen LogP contribution in [0.25, 0.3) is 20.7 Å². The number of hydrogen-bond acceptors (Lipinski definition) is 5. The molecule has 1 N–H and O–H groups in total. The van der Waals surface area contributed by atoms with E-state index in [0.717, 1.165) is 23.3 Å². The van der Waals surface area contributed by atoms with E-state index in [1.165, 1.54) is 22.2 Å². The van der Waals surface area contributed by atoms with Crippen LogP contribution in [0.3, 0.4) is 0 Å². The minimum atomic E-state index is -0.791. The Hall–Kier alpha value is -2.98. The number of fused-ring (bicyclic) bond motifs is 1. The van der Waals surface area contributed by atoms with Crippen molar-refractivity contribution in [1.82, 2.24) is 14.9 Å². The molecule has 7 heteroatoms. The van der Waals surface area contributed by atoms with Gasteiger partial charge in [-0.05, 0) is 37.3 Å². The van der Waals surface area contributed by atoms with E-state index < -0.39 is 5.54 Å². The second-order valence-corrected chi connectivity index (χ2v) is 7.85. The van der Waals surface area contributed by atoms with Crippen molar-refractivity contribution >= 4 is 27.5 Å². The summed E-state index contributed by atoms with van der Waals surface area (Å²) in [5.41, 5.74) is -0.00597. The molecule has 0 aliphatic heterocycles. The van der Waals surface area contributed by atoms with Crippen LogP contribution in [-0.4, -0.2) is 21.0 Å². The molecule has 1 saturated carbocycles. The predicted molar refractivity (Wildman–Crippen MR) is 104 cm³/mol. The summed E-state index contributed by atoms with van der Waals surface area (Å²) < 4.78 is 1.30. The van der Waals surface area contributed by atoms with Crippen molar-refractivity contribution in [3.63, 3.8) is 0 Å². The SMILES string of the molecule is N#CC1(NC(=O)Cn2cnc3sc(-c4ccccc4)cc3c2=O)CCCC1. The summed E-state index contributed by atoms with van der Waals surface area (Å²) in [5, 5.41) is 12.7. The Morgan fingerprint density at radius 1 is 1.30 bits per heavy atom. The summed E-state index contributed by atoms with van der Waals surface area (Å²) in [5.74, 6) is -0.333. The maximum Gasteiger partial charge on any atom is 0.262 e. The van der Waals surface area contributed by atoms with Crippen molar-refractivity contribution in [3.05, 3.63) is 53.1 Å². The normalized spacial score (nSPS) is 15.5. The van der Waals surface area contributed by atoms with Crippen LogP contribution in [0, 0.1) is 11.3 Å². The number of benzene rings is 1. The summed E-state index contributed by atoms with van der Waals surface area (Å²) in [6.45, 7) is -0.137. The number of rotatable bonds is 4. The highest BCUT2D eigenvalue weighted by molar-refractivity contribution is 7.21. The topological polar surface area (TPSA) is 87.8 Å². The van der Waals surface area contributed by atoms with Crippen LogP contribution >= 0.6 is 11.3 Å². The number of aromatic nitrogens is 2. The van der Waals surface area contributed by atoms with Crippen LogP contribution < -0.4 is 10.9 Å². The van der Waals surface area contributed by atoms with Gasteiger partial charge in [-0.15, -0.1) is 11.3 Å². The molecular weight excluding hydrogens is 360 g/mol. The Kier molecular flexibility index (Phi) is 4.50. The van der Waals surface area contributed by atoms with Gasteiger partial charge >= 0.3 is 0 Å². The molecule has 1 aliphatic carbocycles. The van der Waals surface area contributed by atoms with Crippen molar-refractivity contribution < 1.29 is 4.79 Å². The number of nitriles is 1. The molecule has 2 aromatic heterocycles. The molecule has 1 aliphatic rings. The highest BCUT2D eigenvalue weighted by Crippen LogP contribution is 2.31. The molecule has 2 heterocycles. The zero-order valence-electron chi connectivity index (χ0n) is 14.6. The Morgan fingerprint density at radius 3 is 2.74 bits per heavy atom. The molecule has 0 spiro atoms. The molecule has 0 unspecified atom stereocenters. The van der Waals surface area contributed by atoms with Crippen molar-refractivity contribution in [3.8, 4) is 16.5 Å². The zero-order chi connectivity index (χ0) is 18.9. The zero-order valence-corrected chi connectivity index (χ0v) is 15.5. The third-order valence-corrected chi connectivity index (χ3v) is 6.03. The van der Waals surface area contributed by atoms with E-state index in [-0.39, 0.29) is 18.0 Å². The Labute approximate surface area is 160 Å². The first-order valence-corrected chi connectivity index (χ1v) is 9.69. The van der Waals surface area contributed by atoms with Gasteiger partial charge in [-0.25, -0.2) is 4.98 Å². The lowest BCUT2D eigenvalue weighted by Crippen LogP contribution is -2.47. The number of nitrogens with zero attached hydrogens (tertiary/aromatic N) is 3. The van der Waals surface area contributed by atoms with Gasteiger partial charge in [0.2, 0.25) is 5.91 Å². The summed E-state index contributed by atoms with van der Waals surface area (Å²) in [4.78, 5) is 31.1. The molecule has 0 bridgehead atoms. The smallest absolute Gasteiger partial charge is 0.262 e. The van der Waals surface area contributed by atoms with E-state index in [2.05, 4.69) is 16.4 Å². The van der Waals surface area contributed by atoms with E-state index in [9.17, 15) is 14.9 Å². The highest BCUT2D eigenvalue weighted by atomic mass is 32.1. The molecule has 136 valence electrons. The summed E-state index contributed by atoms with van der Waals surface area (Å²) in [7, 11) is 0. The first-order valence-electron chi connectivity index (χ1n) is 8.87. The van der Waals surface area contributed by atoms with Gasteiger partial charge in [0.05, 0.1) is 17.8 Å². The Morgan fingerprint density at radius 2 is 2.04 bits per heavy atom. The predicted octanol–water partition coefficient (Wildman–Crippen LogP) is 3.08. The van der Waals surface area contributed by atoms with Gasteiger partial charge in [0, 0.05) is 4.88 Å². The Bertz CT molecular complexity index is 1090. The van der Waals surface area contributed by atoms with Crippen molar-refractivity contribution in [2.45, 2.75) is 37.8 Å². The maximum atomic E-state index is 12.8. The van der Waals surface area contributed by atoms with Crippen LogP contribution in [0.5, 0.6) is 0 Å². The number of nitrogens with one attached hydrogen (secondary N) is 1. The first-order chi connectivity index (χ1) is 13.1. The van der Waals surface area contributed by atoms with Gasteiger partial charge in [-0.3, -0.25) is 14.2 Å². The van der Waals surface area contributed by atoms with Gasteiger partial charge in [0.25, 0.3) is 5.56 Å². The summed E-state index contributed by atoms with van der Waals surface area (Å²) in [6.07, 6.45) is 4.58. The molecule has 0 radical (unpaired) electrons.